The summed E-state index contributed by atoms with van der Waals surface area (Å²) in [6.07, 6.45) is 5.18. The van der Waals surface area contributed by atoms with Gasteiger partial charge < -0.3 is 10.2 Å². The van der Waals surface area contributed by atoms with Crippen LogP contribution in [-0.2, 0) is 13.1 Å². The van der Waals surface area contributed by atoms with Gasteiger partial charge in [-0.2, -0.15) is 10.2 Å². The zero-order chi connectivity index (χ0) is 14.5. The highest BCUT2D eigenvalue weighted by molar-refractivity contribution is 9.10. The van der Waals surface area contributed by atoms with E-state index in [2.05, 4.69) is 36.5 Å². The standard InChI is InChI=1S/C12H17BrN6O/c1-18(2)3-4-19-12(20)11(13)10(8-17-19)14-5-9-6-15-16-7-9/h6-8,14H,3-5H2,1-2H3,(H,15,16). The van der Waals surface area contributed by atoms with E-state index in [1.165, 1.54) is 4.68 Å². The van der Waals surface area contributed by atoms with E-state index < -0.39 is 0 Å². The van der Waals surface area contributed by atoms with Gasteiger partial charge in [0.2, 0.25) is 0 Å². The Kier molecular flexibility index (Phi) is 4.91. The van der Waals surface area contributed by atoms with E-state index in [4.69, 9.17) is 0 Å². The molecule has 0 aromatic carbocycles. The molecule has 0 spiro atoms. The number of nitrogens with one attached hydrogen (secondary N) is 2. The monoisotopic (exact) mass is 340 g/mol. The van der Waals surface area contributed by atoms with Gasteiger partial charge in [-0.25, -0.2) is 4.68 Å². The van der Waals surface area contributed by atoms with E-state index in [-0.39, 0.29) is 5.56 Å². The molecule has 0 aliphatic rings. The van der Waals surface area contributed by atoms with Crippen LogP contribution in [0.3, 0.4) is 0 Å². The van der Waals surface area contributed by atoms with Crippen molar-refractivity contribution in [2.45, 2.75) is 13.1 Å². The minimum absolute atomic E-state index is 0.135. The molecule has 20 heavy (non-hydrogen) atoms. The van der Waals surface area contributed by atoms with Crippen LogP contribution in [0.5, 0.6) is 0 Å². The first-order valence-corrected chi connectivity index (χ1v) is 6.99. The van der Waals surface area contributed by atoms with Crippen molar-refractivity contribution in [1.82, 2.24) is 24.9 Å². The Balaban J connectivity index is 2.08. The maximum absolute atomic E-state index is 12.1. The summed E-state index contributed by atoms with van der Waals surface area (Å²) in [6, 6.07) is 0. The van der Waals surface area contributed by atoms with Crippen molar-refractivity contribution < 1.29 is 0 Å². The van der Waals surface area contributed by atoms with Gasteiger partial charge in [0.05, 0.1) is 24.6 Å². The minimum Gasteiger partial charge on any atom is -0.378 e. The summed E-state index contributed by atoms with van der Waals surface area (Å²) in [5, 5.41) is 13.9. The van der Waals surface area contributed by atoms with Crippen LogP contribution in [0.25, 0.3) is 0 Å². The van der Waals surface area contributed by atoms with Crippen molar-refractivity contribution in [2.24, 2.45) is 0 Å². The number of likely N-dealkylation sites (N-methyl/N-ethyl adjacent to an activating group) is 1. The highest BCUT2D eigenvalue weighted by Gasteiger charge is 2.09. The molecule has 0 atom stereocenters. The zero-order valence-corrected chi connectivity index (χ0v) is 13.0. The molecule has 2 rings (SSSR count). The molecule has 0 aliphatic carbocycles. The Hall–Kier alpha value is -1.67. The van der Waals surface area contributed by atoms with E-state index in [0.717, 1.165) is 12.1 Å². The van der Waals surface area contributed by atoms with E-state index in [0.29, 0.717) is 23.2 Å². The summed E-state index contributed by atoms with van der Waals surface area (Å²) in [6.45, 7) is 1.91. The van der Waals surface area contributed by atoms with Crippen LogP contribution in [0.1, 0.15) is 5.56 Å². The summed E-state index contributed by atoms with van der Waals surface area (Å²) in [5.41, 5.74) is 1.55. The van der Waals surface area contributed by atoms with Crippen LogP contribution in [0.15, 0.2) is 27.9 Å². The summed E-state index contributed by atoms with van der Waals surface area (Å²) in [4.78, 5) is 14.1. The fourth-order valence-corrected chi connectivity index (χ4v) is 2.06. The number of hydrogen-bond acceptors (Lipinski definition) is 5. The molecule has 0 saturated heterocycles. The first kappa shape index (κ1) is 14.7. The summed E-state index contributed by atoms with van der Waals surface area (Å²) in [5.74, 6) is 0. The number of rotatable bonds is 6. The summed E-state index contributed by atoms with van der Waals surface area (Å²) < 4.78 is 1.95. The zero-order valence-electron chi connectivity index (χ0n) is 11.4. The van der Waals surface area contributed by atoms with Crippen molar-refractivity contribution in [2.75, 3.05) is 26.0 Å². The number of nitrogens with zero attached hydrogens (tertiary/aromatic N) is 4. The van der Waals surface area contributed by atoms with Gasteiger partial charge in [-0.3, -0.25) is 9.89 Å². The number of aromatic amines is 1. The van der Waals surface area contributed by atoms with Crippen molar-refractivity contribution >= 4 is 21.6 Å². The average molecular weight is 341 g/mol. The van der Waals surface area contributed by atoms with Gasteiger partial charge in [-0.1, -0.05) is 0 Å². The Labute approximate surface area is 125 Å². The number of anilines is 1. The second-order valence-corrected chi connectivity index (χ2v) is 5.46. The van der Waals surface area contributed by atoms with Crippen molar-refractivity contribution in [1.29, 1.82) is 0 Å². The van der Waals surface area contributed by atoms with Crippen LogP contribution in [0.4, 0.5) is 5.69 Å². The fourth-order valence-electron chi connectivity index (χ4n) is 1.61. The SMILES string of the molecule is CN(C)CCn1ncc(NCc2cn[nH]c2)c(Br)c1=O. The van der Waals surface area contributed by atoms with E-state index in [1.807, 2.05) is 19.0 Å². The quantitative estimate of drug-likeness (QED) is 0.816. The second-order valence-electron chi connectivity index (χ2n) is 4.66. The normalized spacial score (nSPS) is 11.0. The Bertz CT molecular complexity index is 607. The lowest BCUT2D eigenvalue weighted by atomic mass is 10.3. The molecule has 2 heterocycles. The van der Waals surface area contributed by atoms with Crippen molar-refractivity contribution in [3.8, 4) is 0 Å². The second kappa shape index (κ2) is 6.67. The smallest absolute Gasteiger partial charge is 0.283 e. The maximum Gasteiger partial charge on any atom is 0.283 e. The first-order valence-electron chi connectivity index (χ1n) is 6.20. The molecule has 7 nitrogen and oxygen atoms in total. The van der Waals surface area contributed by atoms with Gasteiger partial charge in [0.15, 0.2) is 0 Å². The number of hydrogen-bond donors (Lipinski definition) is 2. The molecular formula is C12H17BrN6O. The number of H-pyrrole nitrogens is 1. The minimum atomic E-state index is -0.135. The molecule has 0 radical (unpaired) electrons. The van der Waals surface area contributed by atoms with E-state index in [9.17, 15) is 4.79 Å². The number of aromatic nitrogens is 4. The third-order valence-electron chi connectivity index (χ3n) is 2.78. The first-order chi connectivity index (χ1) is 9.58. The lowest BCUT2D eigenvalue weighted by Crippen LogP contribution is -2.29. The molecule has 0 amide bonds. The Morgan fingerprint density at radius 3 is 2.90 bits per heavy atom. The highest BCUT2D eigenvalue weighted by atomic mass is 79.9. The van der Waals surface area contributed by atoms with E-state index >= 15 is 0 Å². The predicted molar refractivity (Wildman–Crippen MR) is 80.7 cm³/mol. The van der Waals surface area contributed by atoms with Gasteiger partial charge >= 0.3 is 0 Å². The van der Waals surface area contributed by atoms with Gasteiger partial charge in [-0.15, -0.1) is 0 Å². The molecule has 0 saturated carbocycles. The lowest BCUT2D eigenvalue weighted by molar-refractivity contribution is 0.367. The molecule has 0 unspecified atom stereocenters. The Morgan fingerprint density at radius 1 is 1.45 bits per heavy atom. The molecule has 8 heteroatoms. The van der Waals surface area contributed by atoms with Crippen LogP contribution >= 0.6 is 15.9 Å². The van der Waals surface area contributed by atoms with Gasteiger partial charge in [0, 0.05) is 24.8 Å². The molecule has 0 bridgehead atoms. The van der Waals surface area contributed by atoms with Crippen molar-refractivity contribution in [3.05, 3.63) is 39.0 Å². The molecule has 2 N–H and O–H groups in total. The summed E-state index contributed by atoms with van der Waals surface area (Å²) >= 11 is 3.33. The largest absolute Gasteiger partial charge is 0.378 e. The van der Waals surface area contributed by atoms with Gasteiger partial charge in [-0.05, 0) is 30.0 Å². The number of halogens is 1. The maximum atomic E-state index is 12.1. The average Bonchev–Trinajstić information content (AvgIpc) is 2.92. The van der Waals surface area contributed by atoms with Crippen molar-refractivity contribution in [3.63, 3.8) is 0 Å². The third-order valence-corrected chi connectivity index (χ3v) is 3.55. The molecule has 0 fully saturated rings. The molecular weight excluding hydrogens is 324 g/mol. The highest BCUT2D eigenvalue weighted by Crippen LogP contribution is 2.16. The fraction of sp³-hybridized carbons (Fsp3) is 0.417. The van der Waals surface area contributed by atoms with Crippen LogP contribution in [-0.4, -0.2) is 45.5 Å². The predicted octanol–water partition coefficient (Wildman–Crippen LogP) is 0.903. The van der Waals surface area contributed by atoms with Crippen LogP contribution < -0.4 is 10.9 Å². The van der Waals surface area contributed by atoms with Crippen LogP contribution in [0, 0.1) is 0 Å². The third kappa shape index (κ3) is 3.67. The lowest BCUT2D eigenvalue weighted by Gasteiger charge is -2.12. The molecule has 108 valence electrons. The van der Waals surface area contributed by atoms with Gasteiger partial charge in [0.1, 0.15) is 4.47 Å². The van der Waals surface area contributed by atoms with Crippen LogP contribution in [0.2, 0.25) is 0 Å². The van der Waals surface area contributed by atoms with Gasteiger partial charge in [0.25, 0.3) is 5.56 Å². The van der Waals surface area contributed by atoms with E-state index in [1.54, 1.807) is 18.6 Å². The Morgan fingerprint density at radius 2 is 2.25 bits per heavy atom. The topological polar surface area (TPSA) is 78.8 Å². The summed E-state index contributed by atoms with van der Waals surface area (Å²) in [7, 11) is 3.92. The molecule has 0 aliphatic heterocycles. The molecule has 2 aromatic heterocycles. The molecule has 2 aromatic rings.